The van der Waals surface area contributed by atoms with Crippen LogP contribution in [0, 0.1) is 0 Å². The number of methoxy groups -OCH3 is 1. The van der Waals surface area contributed by atoms with Crippen LogP contribution in [-0.4, -0.2) is 13.4 Å². The summed E-state index contributed by atoms with van der Waals surface area (Å²) in [6.07, 6.45) is 1.93. The standard InChI is InChI=1S/C19H22O2/c1-5-19(2,3)17-9-6-14(7-10-17)15-8-11-18(21-4)16(12-15)13-20/h6-13H,5H2,1-4H3. The Kier molecular flexibility index (Phi) is 4.46. The van der Waals surface area contributed by atoms with E-state index >= 15 is 0 Å². The number of ether oxygens (including phenoxy) is 1. The molecule has 0 aliphatic heterocycles. The lowest BCUT2D eigenvalue weighted by Crippen LogP contribution is -2.14. The molecule has 0 spiro atoms. The summed E-state index contributed by atoms with van der Waals surface area (Å²) in [5.41, 5.74) is 4.23. The van der Waals surface area contributed by atoms with Crippen molar-refractivity contribution in [3.63, 3.8) is 0 Å². The van der Waals surface area contributed by atoms with Gasteiger partial charge in [-0.1, -0.05) is 51.1 Å². The van der Waals surface area contributed by atoms with Crippen LogP contribution in [0.4, 0.5) is 0 Å². The molecular formula is C19H22O2. The molecule has 2 rings (SSSR count). The molecule has 0 atom stereocenters. The van der Waals surface area contributed by atoms with Gasteiger partial charge >= 0.3 is 0 Å². The maximum atomic E-state index is 11.1. The summed E-state index contributed by atoms with van der Waals surface area (Å²) in [4.78, 5) is 11.1. The molecule has 0 saturated carbocycles. The van der Waals surface area contributed by atoms with Crippen molar-refractivity contribution in [1.29, 1.82) is 0 Å². The lowest BCUT2D eigenvalue weighted by molar-refractivity contribution is 0.112. The fraction of sp³-hybridized carbons (Fsp3) is 0.316. The Morgan fingerprint density at radius 2 is 1.67 bits per heavy atom. The SMILES string of the molecule is CCC(C)(C)c1ccc(-c2ccc(OC)c(C=O)c2)cc1. The number of rotatable bonds is 5. The molecule has 2 nitrogen and oxygen atoms in total. The molecule has 0 saturated heterocycles. The topological polar surface area (TPSA) is 26.3 Å². The van der Waals surface area contributed by atoms with Crippen LogP contribution in [0.2, 0.25) is 0 Å². The fourth-order valence-corrected chi connectivity index (χ4v) is 2.32. The van der Waals surface area contributed by atoms with Gasteiger partial charge in [0.1, 0.15) is 5.75 Å². The number of hydrogen-bond donors (Lipinski definition) is 0. The summed E-state index contributed by atoms with van der Waals surface area (Å²) < 4.78 is 5.17. The van der Waals surface area contributed by atoms with Crippen molar-refractivity contribution in [2.24, 2.45) is 0 Å². The van der Waals surface area contributed by atoms with Gasteiger partial charge in [0.25, 0.3) is 0 Å². The van der Waals surface area contributed by atoms with Crippen molar-refractivity contribution in [3.8, 4) is 16.9 Å². The van der Waals surface area contributed by atoms with E-state index in [0.717, 1.165) is 23.8 Å². The van der Waals surface area contributed by atoms with Crippen LogP contribution in [0.5, 0.6) is 5.75 Å². The first kappa shape index (κ1) is 15.3. The highest BCUT2D eigenvalue weighted by Crippen LogP contribution is 2.30. The number of aldehydes is 1. The van der Waals surface area contributed by atoms with Crippen LogP contribution < -0.4 is 4.74 Å². The first-order valence-electron chi connectivity index (χ1n) is 7.26. The van der Waals surface area contributed by atoms with E-state index in [0.29, 0.717) is 11.3 Å². The molecule has 0 aliphatic rings. The van der Waals surface area contributed by atoms with Crippen LogP contribution in [0.25, 0.3) is 11.1 Å². The predicted octanol–water partition coefficient (Wildman–Crippen LogP) is 4.86. The van der Waals surface area contributed by atoms with Crippen LogP contribution in [0.1, 0.15) is 43.1 Å². The van der Waals surface area contributed by atoms with Crippen molar-refractivity contribution in [1.82, 2.24) is 0 Å². The van der Waals surface area contributed by atoms with Gasteiger partial charge in [-0.25, -0.2) is 0 Å². The summed E-state index contributed by atoms with van der Waals surface area (Å²) in [5.74, 6) is 0.609. The molecule has 0 radical (unpaired) electrons. The second-order valence-corrected chi connectivity index (χ2v) is 5.89. The molecule has 21 heavy (non-hydrogen) atoms. The number of carbonyl (C=O) groups is 1. The van der Waals surface area contributed by atoms with E-state index in [4.69, 9.17) is 4.74 Å². The van der Waals surface area contributed by atoms with Crippen LogP contribution in [0.15, 0.2) is 42.5 Å². The third kappa shape index (κ3) is 3.15. The first-order valence-corrected chi connectivity index (χ1v) is 7.26. The van der Waals surface area contributed by atoms with Crippen LogP contribution >= 0.6 is 0 Å². The van der Waals surface area contributed by atoms with E-state index in [1.54, 1.807) is 7.11 Å². The first-order chi connectivity index (χ1) is 10.0. The van der Waals surface area contributed by atoms with E-state index in [9.17, 15) is 4.79 Å². The van der Waals surface area contributed by atoms with E-state index in [-0.39, 0.29) is 5.41 Å². The molecule has 0 heterocycles. The molecule has 0 aromatic heterocycles. The Morgan fingerprint density at radius 1 is 1.05 bits per heavy atom. The third-order valence-corrected chi connectivity index (χ3v) is 4.24. The molecule has 0 N–H and O–H groups in total. The predicted molar refractivity (Wildman–Crippen MR) is 87.1 cm³/mol. The minimum absolute atomic E-state index is 0.187. The van der Waals surface area contributed by atoms with Crippen LogP contribution in [0.3, 0.4) is 0 Å². The molecule has 0 bridgehead atoms. The highest BCUT2D eigenvalue weighted by Gasteiger charge is 2.17. The van der Waals surface area contributed by atoms with Crippen molar-refractivity contribution in [3.05, 3.63) is 53.6 Å². The van der Waals surface area contributed by atoms with E-state index in [2.05, 4.69) is 45.0 Å². The molecule has 110 valence electrons. The lowest BCUT2D eigenvalue weighted by Gasteiger charge is -2.23. The Morgan fingerprint density at radius 3 is 2.19 bits per heavy atom. The van der Waals surface area contributed by atoms with Gasteiger partial charge in [0.15, 0.2) is 6.29 Å². The number of carbonyl (C=O) groups excluding carboxylic acids is 1. The van der Waals surface area contributed by atoms with E-state index in [1.807, 2.05) is 18.2 Å². The second kappa shape index (κ2) is 6.13. The molecule has 2 aromatic rings. The molecule has 2 heteroatoms. The number of benzene rings is 2. The monoisotopic (exact) mass is 282 g/mol. The summed E-state index contributed by atoms with van der Waals surface area (Å²) in [7, 11) is 1.57. The normalized spacial score (nSPS) is 11.2. The van der Waals surface area contributed by atoms with Gasteiger partial charge in [-0.2, -0.15) is 0 Å². The highest BCUT2D eigenvalue weighted by atomic mass is 16.5. The Hall–Kier alpha value is -2.09. The smallest absolute Gasteiger partial charge is 0.153 e. The molecule has 0 aliphatic carbocycles. The lowest BCUT2D eigenvalue weighted by atomic mass is 9.82. The van der Waals surface area contributed by atoms with Gasteiger partial charge in [0.05, 0.1) is 12.7 Å². The van der Waals surface area contributed by atoms with E-state index < -0.39 is 0 Å². The van der Waals surface area contributed by atoms with Gasteiger partial charge in [-0.3, -0.25) is 4.79 Å². The zero-order chi connectivity index (χ0) is 15.5. The molecule has 0 amide bonds. The minimum Gasteiger partial charge on any atom is -0.496 e. The van der Waals surface area contributed by atoms with Gasteiger partial charge in [0.2, 0.25) is 0 Å². The molecule has 2 aromatic carbocycles. The second-order valence-electron chi connectivity index (χ2n) is 5.89. The van der Waals surface area contributed by atoms with Gasteiger partial charge in [-0.05, 0) is 40.7 Å². The Labute approximate surface area is 126 Å². The van der Waals surface area contributed by atoms with E-state index in [1.165, 1.54) is 5.56 Å². The van der Waals surface area contributed by atoms with Crippen molar-refractivity contribution < 1.29 is 9.53 Å². The van der Waals surface area contributed by atoms with Crippen LogP contribution in [-0.2, 0) is 5.41 Å². The number of hydrogen-bond acceptors (Lipinski definition) is 2. The molecular weight excluding hydrogens is 260 g/mol. The summed E-state index contributed by atoms with van der Waals surface area (Å²) in [6, 6.07) is 14.3. The minimum atomic E-state index is 0.187. The fourth-order valence-electron chi connectivity index (χ4n) is 2.32. The summed E-state index contributed by atoms with van der Waals surface area (Å²) >= 11 is 0. The average Bonchev–Trinajstić information content (AvgIpc) is 2.54. The zero-order valence-electron chi connectivity index (χ0n) is 13.1. The largest absolute Gasteiger partial charge is 0.496 e. The Balaban J connectivity index is 2.37. The molecule has 0 fully saturated rings. The maximum Gasteiger partial charge on any atom is 0.153 e. The van der Waals surface area contributed by atoms with Crippen molar-refractivity contribution in [2.45, 2.75) is 32.6 Å². The summed E-state index contributed by atoms with van der Waals surface area (Å²) in [6.45, 7) is 6.70. The third-order valence-electron chi connectivity index (χ3n) is 4.24. The van der Waals surface area contributed by atoms with Crippen molar-refractivity contribution >= 4 is 6.29 Å². The maximum absolute atomic E-state index is 11.1. The summed E-state index contributed by atoms with van der Waals surface area (Å²) in [5, 5.41) is 0. The van der Waals surface area contributed by atoms with Gasteiger partial charge in [-0.15, -0.1) is 0 Å². The quantitative estimate of drug-likeness (QED) is 0.732. The van der Waals surface area contributed by atoms with Gasteiger partial charge in [0, 0.05) is 0 Å². The van der Waals surface area contributed by atoms with Crippen molar-refractivity contribution in [2.75, 3.05) is 7.11 Å². The highest BCUT2D eigenvalue weighted by molar-refractivity contribution is 5.83. The average molecular weight is 282 g/mol. The molecule has 0 unspecified atom stereocenters. The Bertz CT molecular complexity index is 625. The van der Waals surface area contributed by atoms with Gasteiger partial charge < -0.3 is 4.74 Å². The zero-order valence-corrected chi connectivity index (χ0v) is 13.1.